The van der Waals surface area contributed by atoms with E-state index in [1.54, 1.807) is 6.20 Å². The number of allylic oxidation sites excluding steroid dienone is 2. The van der Waals surface area contributed by atoms with Crippen LogP contribution < -0.4 is 5.32 Å². The Bertz CT molecular complexity index is 1240. The normalized spacial score (nSPS) is 19.5. The number of nitrogens with one attached hydrogen (secondary N) is 1. The molecule has 0 bridgehead atoms. The number of nitrogens with zero attached hydrogens (tertiary/aromatic N) is 3. The topological polar surface area (TPSA) is 57.7 Å². The van der Waals surface area contributed by atoms with Crippen molar-refractivity contribution >= 4 is 5.91 Å². The van der Waals surface area contributed by atoms with Crippen molar-refractivity contribution in [3.63, 3.8) is 0 Å². The van der Waals surface area contributed by atoms with Gasteiger partial charge in [-0.3, -0.25) is 9.78 Å². The summed E-state index contributed by atoms with van der Waals surface area (Å²) in [7, 11) is 0. The van der Waals surface area contributed by atoms with Crippen molar-refractivity contribution in [1.29, 1.82) is 0 Å². The molecule has 1 saturated carbocycles. The fourth-order valence-corrected chi connectivity index (χ4v) is 5.26. The Morgan fingerprint density at radius 3 is 2.68 bits per heavy atom. The fourth-order valence-electron chi connectivity index (χ4n) is 5.26. The average molecular weight is 507 g/mol. The molecule has 0 radical (unpaired) electrons. The van der Waals surface area contributed by atoms with Crippen molar-refractivity contribution in [3.05, 3.63) is 101 Å². The lowest BCUT2D eigenvalue weighted by molar-refractivity contribution is -0.119. The van der Waals surface area contributed by atoms with E-state index >= 15 is 0 Å². The summed E-state index contributed by atoms with van der Waals surface area (Å²) in [5.74, 6) is -1.36. The highest BCUT2D eigenvalue weighted by atomic mass is 19.2. The average Bonchev–Trinajstić information content (AvgIpc) is 3.51. The van der Waals surface area contributed by atoms with Gasteiger partial charge in [0, 0.05) is 24.6 Å². The minimum absolute atomic E-state index is 0.0410. The Balaban J connectivity index is 1.46. The third-order valence-electron chi connectivity index (χ3n) is 6.98. The van der Waals surface area contributed by atoms with E-state index in [9.17, 15) is 13.6 Å². The highest BCUT2D eigenvalue weighted by Gasteiger charge is 2.42. The van der Waals surface area contributed by atoms with Crippen molar-refractivity contribution in [1.82, 2.24) is 20.1 Å². The van der Waals surface area contributed by atoms with Crippen LogP contribution in [0.1, 0.15) is 50.8 Å². The zero-order valence-corrected chi connectivity index (χ0v) is 21.2. The minimum Gasteiger partial charge on any atom is -0.489 e. The Hall–Kier alpha value is -3.68. The lowest BCUT2D eigenvalue weighted by Gasteiger charge is -2.34. The molecule has 1 unspecified atom stereocenters. The number of benzene rings is 1. The molecule has 2 aliphatic heterocycles. The molecule has 8 heteroatoms. The summed E-state index contributed by atoms with van der Waals surface area (Å²) in [6.07, 6.45) is 12.1. The highest BCUT2D eigenvalue weighted by Crippen LogP contribution is 2.39. The number of rotatable bonds is 8. The summed E-state index contributed by atoms with van der Waals surface area (Å²) in [6.45, 7) is 4.73. The van der Waals surface area contributed by atoms with E-state index < -0.39 is 11.6 Å². The number of pyridine rings is 1. The van der Waals surface area contributed by atoms with Crippen LogP contribution in [0.4, 0.5) is 8.78 Å². The lowest BCUT2D eigenvalue weighted by Crippen LogP contribution is -2.40. The molecule has 1 aromatic heterocycles. The van der Waals surface area contributed by atoms with Crippen molar-refractivity contribution in [2.75, 3.05) is 0 Å². The summed E-state index contributed by atoms with van der Waals surface area (Å²) in [5, 5.41) is 2.91. The van der Waals surface area contributed by atoms with Crippen LogP contribution in [0.3, 0.4) is 0 Å². The first kappa shape index (κ1) is 25.0. The zero-order valence-electron chi connectivity index (χ0n) is 21.2. The first-order chi connectivity index (χ1) is 17.9. The second-order valence-electron chi connectivity index (χ2n) is 10.0. The number of ether oxygens (including phenoxy) is 1. The predicted octanol–water partition coefficient (Wildman–Crippen LogP) is 5.36. The molecule has 1 atom stereocenters. The molecule has 5 rings (SSSR count). The van der Waals surface area contributed by atoms with Gasteiger partial charge in [-0.05, 0) is 73.6 Å². The van der Waals surface area contributed by atoms with Crippen LogP contribution in [0.15, 0.2) is 78.1 Å². The molecule has 0 spiro atoms. The van der Waals surface area contributed by atoms with Gasteiger partial charge in [-0.1, -0.05) is 26.0 Å². The second kappa shape index (κ2) is 10.7. The molecule has 37 heavy (non-hydrogen) atoms. The largest absolute Gasteiger partial charge is 0.489 e. The Kier molecular flexibility index (Phi) is 7.26. The van der Waals surface area contributed by atoms with Crippen molar-refractivity contribution < 1.29 is 18.3 Å². The lowest BCUT2D eigenvalue weighted by atomic mass is 10.1. The Morgan fingerprint density at radius 1 is 1.16 bits per heavy atom. The van der Waals surface area contributed by atoms with E-state index in [0.717, 1.165) is 42.1 Å². The molecule has 1 N–H and O–H groups in total. The van der Waals surface area contributed by atoms with Gasteiger partial charge >= 0.3 is 0 Å². The molecule has 1 aliphatic carbocycles. The maximum absolute atomic E-state index is 13.7. The molecule has 1 aromatic carbocycles. The van der Waals surface area contributed by atoms with E-state index in [-0.39, 0.29) is 30.6 Å². The van der Waals surface area contributed by atoms with Crippen LogP contribution in [0.25, 0.3) is 0 Å². The molecular weight excluding hydrogens is 474 g/mol. The molecular formula is C29H32F2N4O2. The van der Waals surface area contributed by atoms with Crippen molar-refractivity contribution in [2.24, 2.45) is 5.92 Å². The number of fused-ring (bicyclic) bond motifs is 1. The number of amides is 1. The first-order valence-electron chi connectivity index (χ1n) is 12.9. The van der Waals surface area contributed by atoms with Crippen LogP contribution in [-0.2, 0) is 22.6 Å². The summed E-state index contributed by atoms with van der Waals surface area (Å²) in [4.78, 5) is 22.3. The standard InChI is InChI=1S/C29H32F2N4O2/c1-19(2)27-28(29(36)33-16-20-10-12-24(30)25(31)15-20)35-18-23(37-22-8-3-4-9-22)11-13-26(35)34(27)17-21-7-5-6-14-32-21/h5-7,10-15,18-19,22,26H,3-4,8-9,16-17H2,1-2H3,(H,33,36). The maximum atomic E-state index is 13.7. The van der Waals surface area contributed by atoms with Gasteiger partial charge in [0.15, 0.2) is 11.6 Å². The van der Waals surface area contributed by atoms with Gasteiger partial charge in [-0.25, -0.2) is 8.78 Å². The Morgan fingerprint density at radius 2 is 1.97 bits per heavy atom. The minimum atomic E-state index is -0.936. The number of carbonyl (C=O) groups is 1. The summed E-state index contributed by atoms with van der Waals surface area (Å²) in [5.41, 5.74) is 2.80. The predicted molar refractivity (Wildman–Crippen MR) is 136 cm³/mol. The van der Waals surface area contributed by atoms with E-state index in [1.165, 1.54) is 18.9 Å². The molecule has 1 amide bonds. The van der Waals surface area contributed by atoms with Gasteiger partial charge in [0.1, 0.15) is 17.6 Å². The van der Waals surface area contributed by atoms with Crippen LogP contribution >= 0.6 is 0 Å². The third kappa shape index (κ3) is 5.38. The van der Waals surface area contributed by atoms with E-state index in [1.807, 2.05) is 35.4 Å². The molecule has 0 saturated heterocycles. The van der Waals surface area contributed by atoms with Gasteiger partial charge in [0.25, 0.3) is 5.91 Å². The van der Waals surface area contributed by atoms with E-state index in [4.69, 9.17) is 4.74 Å². The quantitative estimate of drug-likeness (QED) is 0.523. The zero-order chi connectivity index (χ0) is 25.9. The number of carbonyl (C=O) groups excluding carboxylic acids is 1. The van der Waals surface area contributed by atoms with Crippen LogP contribution in [0, 0.1) is 17.6 Å². The number of hydrogen-bond donors (Lipinski definition) is 1. The van der Waals surface area contributed by atoms with Crippen molar-refractivity contribution in [3.8, 4) is 0 Å². The molecule has 6 nitrogen and oxygen atoms in total. The molecule has 194 valence electrons. The number of aromatic nitrogens is 1. The Labute approximate surface area is 216 Å². The summed E-state index contributed by atoms with van der Waals surface area (Å²) >= 11 is 0. The number of hydrogen-bond acceptors (Lipinski definition) is 5. The molecule has 3 heterocycles. The smallest absolute Gasteiger partial charge is 0.270 e. The summed E-state index contributed by atoms with van der Waals surface area (Å²) < 4.78 is 33.3. The van der Waals surface area contributed by atoms with Crippen LogP contribution in [0.2, 0.25) is 0 Å². The third-order valence-corrected chi connectivity index (χ3v) is 6.98. The fraction of sp³-hybridized carbons (Fsp3) is 0.379. The monoisotopic (exact) mass is 506 g/mol. The van der Waals surface area contributed by atoms with Gasteiger partial charge in [0.2, 0.25) is 0 Å². The van der Waals surface area contributed by atoms with Gasteiger partial charge in [-0.2, -0.15) is 0 Å². The van der Waals surface area contributed by atoms with Crippen molar-refractivity contribution in [2.45, 2.75) is 64.9 Å². The summed E-state index contributed by atoms with van der Waals surface area (Å²) in [6, 6.07) is 9.45. The van der Waals surface area contributed by atoms with Gasteiger partial charge in [0.05, 0.1) is 18.3 Å². The SMILES string of the molecule is CC(C)C1=C(C(=O)NCc2ccc(F)c(F)c2)N2C=C(OC3CCCC3)C=CC2N1Cc1ccccn1. The van der Waals surface area contributed by atoms with Gasteiger partial charge < -0.3 is 19.9 Å². The van der Waals surface area contributed by atoms with Crippen LogP contribution in [0.5, 0.6) is 0 Å². The molecule has 1 fully saturated rings. The first-order valence-corrected chi connectivity index (χ1v) is 12.9. The second-order valence-corrected chi connectivity index (χ2v) is 10.0. The number of halogens is 2. The highest BCUT2D eigenvalue weighted by molar-refractivity contribution is 5.94. The molecule has 3 aliphatic rings. The van der Waals surface area contributed by atoms with E-state index in [2.05, 4.69) is 35.1 Å². The van der Waals surface area contributed by atoms with Crippen LogP contribution in [-0.4, -0.2) is 33.0 Å². The van der Waals surface area contributed by atoms with Gasteiger partial charge in [-0.15, -0.1) is 0 Å². The molecule has 2 aromatic rings. The maximum Gasteiger partial charge on any atom is 0.270 e. The van der Waals surface area contributed by atoms with E-state index in [0.29, 0.717) is 17.8 Å².